The highest BCUT2D eigenvalue weighted by Crippen LogP contribution is 2.58. The number of methoxy groups -OCH3 is 1. The van der Waals surface area contributed by atoms with Crippen LogP contribution in [0.3, 0.4) is 0 Å². The first-order valence-corrected chi connectivity index (χ1v) is 10.8. The molecule has 7 nitrogen and oxygen atoms in total. The molecule has 6 atom stereocenters. The van der Waals surface area contributed by atoms with Crippen molar-refractivity contribution >= 4 is 27.7 Å². The topological polar surface area (TPSA) is 96.3 Å². The predicted octanol–water partition coefficient (Wildman–Crippen LogP) is 2.60. The fourth-order valence-corrected chi connectivity index (χ4v) is 5.74. The molecule has 2 saturated heterocycles. The third-order valence-corrected chi connectivity index (χ3v) is 7.10. The number of nitrogens with zero attached hydrogens (tertiary/aromatic N) is 1. The van der Waals surface area contributed by atoms with E-state index < -0.39 is 35.6 Å². The molecule has 3 fully saturated rings. The van der Waals surface area contributed by atoms with E-state index in [4.69, 9.17) is 9.47 Å². The SMILES string of the molecule is CCCN1C(=O)[C@H]2[C@H](C[C@H](COC)[C@@]3(O)O[C@H](c4cc(Br)ccc4O)C[C@@H]23)C1=O. The Morgan fingerprint density at radius 2 is 2.07 bits per heavy atom. The summed E-state index contributed by atoms with van der Waals surface area (Å²) in [7, 11) is 1.54. The van der Waals surface area contributed by atoms with Crippen LogP contribution in [-0.2, 0) is 19.1 Å². The highest BCUT2D eigenvalue weighted by Gasteiger charge is 2.66. The molecule has 2 aliphatic heterocycles. The summed E-state index contributed by atoms with van der Waals surface area (Å²) >= 11 is 3.40. The van der Waals surface area contributed by atoms with Crippen molar-refractivity contribution in [3.8, 4) is 5.75 Å². The van der Waals surface area contributed by atoms with E-state index in [1.54, 1.807) is 25.3 Å². The predicted molar refractivity (Wildman–Crippen MR) is 107 cm³/mol. The minimum atomic E-state index is -1.59. The second kappa shape index (κ2) is 7.65. The van der Waals surface area contributed by atoms with Crippen LogP contribution < -0.4 is 0 Å². The molecule has 0 unspecified atom stereocenters. The molecule has 3 aliphatic rings. The summed E-state index contributed by atoms with van der Waals surface area (Å²) in [5.41, 5.74) is 0.553. The maximum absolute atomic E-state index is 13.1. The number of amides is 2. The zero-order valence-corrected chi connectivity index (χ0v) is 18.1. The maximum atomic E-state index is 13.1. The normalized spacial score (nSPS) is 36.4. The molecule has 2 amide bonds. The summed E-state index contributed by atoms with van der Waals surface area (Å²) < 4.78 is 12.2. The van der Waals surface area contributed by atoms with Gasteiger partial charge in [-0.1, -0.05) is 22.9 Å². The number of fused-ring (bicyclic) bond motifs is 3. The Morgan fingerprint density at radius 3 is 2.76 bits per heavy atom. The number of aliphatic hydroxyl groups is 1. The minimum absolute atomic E-state index is 0.0710. The van der Waals surface area contributed by atoms with Crippen LogP contribution in [0.1, 0.15) is 37.9 Å². The molecule has 1 aliphatic carbocycles. The Labute approximate surface area is 178 Å². The average molecular weight is 468 g/mol. The molecule has 8 heteroatoms. The van der Waals surface area contributed by atoms with Crippen molar-refractivity contribution < 1.29 is 29.3 Å². The first-order valence-electron chi connectivity index (χ1n) is 10.0. The lowest BCUT2D eigenvalue weighted by Gasteiger charge is -2.44. The number of phenols is 1. The van der Waals surface area contributed by atoms with Gasteiger partial charge < -0.3 is 19.7 Å². The molecule has 1 saturated carbocycles. The fourth-order valence-electron chi connectivity index (χ4n) is 5.36. The van der Waals surface area contributed by atoms with E-state index >= 15 is 0 Å². The summed E-state index contributed by atoms with van der Waals surface area (Å²) in [5.74, 6) is -3.93. The van der Waals surface area contributed by atoms with Crippen LogP contribution in [-0.4, -0.2) is 53.0 Å². The zero-order chi connectivity index (χ0) is 20.9. The van der Waals surface area contributed by atoms with Crippen molar-refractivity contribution in [1.29, 1.82) is 0 Å². The van der Waals surface area contributed by atoms with Crippen molar-refractivity contribution in [3.05, 3.63) is 28.2 Å². The number of imide groups is 1. The van der Waals surface area contributed by atoms with E-state index in [-0.39, 0.29) is 24.2 Å². The van der Waals surface area contributed by atoms with Crippen LogP contribution in [0.15, 0.2) is 22.7 Å². The monoisotopic (exact) mass is 467 g/mol. The second-order valence-corrected chi connectivity index (χ2v) is 9.17. The molecule has 0 radical (unpaired) electrons. The van der Waals surface area contributed by atoms with E-state index in [1.165, 1.54) is 4.90 Å². The number of rotatable bonds is 5. The van der Waals surface area contributed by atoms with Gasteiger partial charge in [0, 0.05) is 35.5 Å². The third-order valence-electron chi connectivity index (χ3n) is 6.61. The Bertz CT molecular complexity index is 831. The summed E-state index contributed by atoms with van der Waals surface area (Å²) in [6, 6.07) is 5.05. The number of phenolic OH excluding ortho intramolecular Hbond substituents is 1. The molecule has 29 heavy (non-hydrogen) atoms. The summed E-state index contributed by atoms with van der Waals surface area (Å²) in [6.45, 7) is 2.54. The molecular weight excluding hydrogens is 442 g/mol. The molecule has 2 N–H and O–H groups in total. The van der Waals surface area contributed by atoms with Crippen LogP contribution in [0.2, 0.25) is 0 Å². The molecule has 0 aromatic heterocycles. The van der Waals surface area contributed by atoms with Gasteiger partial charge in [0.1, 0.15) is 5.75 Å². The highest BCUT2D eigenvalue weighted by atomic mass is 79.9. The summed E-state index contributed by atoms with van der Waals surface area (Å²) in [6.07, 6.45) is 0.802. The lowest BCUT2D eigenvalue weighted by Crippen LogP contribution is -2.54. The van der Waals surface area contributed by atoms with Crippen LogP contribution in [0.5, 0.6) is 5.75 Å². The van der Waals surface area contributed by atoms with E-state index in [1.807, 2.05) is 6.92 Å². The Kier molecular flexibility index (Phi) is 5.48. The minimum Gasteiger partial charge on any atom is -0.508 e. The standard InChI is InChI=1S/C21H26BrNO6/c1-3-6-23-19(25)14-7-11(10-28-2)21(27)15(18(14)20(23)26)9-17(29-21)13-8-12(22)4-5-16(13)24/h4-5,8,11,14-15,17-18,24,27H,3,6-7,9-10H2,1-2H3/t11-,14+,15+,17+,18+,21-/m1/s1. The van der Waals surface area contributed by atoms with Crippen molar-refractivity contribution in [3.63, 3.8) is 0 Å². The summed E-state index contributed by atoms with van der Waals surface area (Å²) in [4.78, 5) is 27.4. The molecule has 0 bridgehead atoms. The Hall–Kier alpha value is -1.48. The number of hydrogen-bond donors (Lipinski definition) is 2. The van der Waals surface area contributed by atoms with Crippen molar-refractivity contribution in [2.24, 2.45) is 23.7 Å². The first-order chi connectivity index (χ1) is 13.8. The van der Waals surface area contributed by atoms with Crippen LogP contribution in [0.25, 0.3) is 0 Å². The molecule has 0 spiro atoms. The van der Waals surface area contributed by atoms with Gasteiger partial charge in [-0.2, -0.15) is 0 Å². The van der Waals surface area contributed by atoms with Gasteiger partial charge in [0.05, 0.1) is 24.5 Å². The number of hydrogen-bond acceptors (Lipinski definition) is 6. The van der Waals surface area contributed by atoms with Gasteiger partial charge in [-0.15, -0.1) is 0 Å². The Balaban J connectivity index is 1.72. The fraction of sp³-hybridized carbons (Fsp3) is 0.619. The van der Waals surface area contributed by atoms with Gasteiger partial charge in [-0.05, 0) is 37.5 Å². The van der Waals surface area contributed by atoms with E-state index in [9.17, 15) is 19.8 Å². The smallest absolute Gasteiger partial charge is 0.233 e. The molecule has 1 aromatic carbocycles. The molecule has 4 rings (SSSR count). The highest BCUT2D eigenvalue weighted by molar-refractivity contribution is 9.10. The number of carbonyl (C=O) groups is 2. The Morgan fingerprint density at radius 1 is 1.31 bits per heavy atom. The number of ether oxygens (including phenoxy) is 2. The molecule has 1 aromatic rings. The molecule has 158 valence electrons. The van der Waals surface area contributed by atoms with Gasteiger partial charge in [0.25, 0.3) is 0 Å². The average Bonchev–Trinajstić information content (AvgIpc) is 3.15. The maximum Gasteiger partial charge on any atom is 0.233 e. The number of benzene rings is 1. The number of likely N-dealkylation sites (tertiary alicyclic amines) is 1. The van der Waals surface area contributed by atoms with Gasteiger partial charge in [0.2, 0.25) is 11.8 Å². The largest absolute Gasteiger partial charge is 0.508 e. The first kappa shape index (κ1) is 20.8. The number of aromatic hydroxyl groups is 1. The van der Waals surface area contributed by atoms with Crippen molar-refractivity contribution in [1.82, 2.24) is 4.90 Å². The summed E-state index contributed by atoms with van der Waals surface area (Å²) in [5, 5.41) is 21.9. The molecular formula is C21H26BrNO6. The van der Waals surface area contributed by atoms with Crippen LogP contribution in [0.4, 0.5) is 0 Å². The van der Waals surface area contributed by atoms with Gasteiger partial charge in [0.15, 0.2) is 5.79 Å². The van der Waals surface area contributed by atoms with Gasteiger partial charge in [-0.3, -0.25) is 14.5 Å². The number of carbonyl (C=O) groups excluding carboxylic acids is 2. The second-order valence-electron chi connectivity index (χ2n) is 8.25. The third kappa shape index (κ3) is 3.21. The van der Waals surface area contributed by atoms with Crippen molar-refractivity contribution in [2.45, 2.75) is 38.1 Å². The van der Waals surface area contributed by atoms with Crippen molar-refractivity contribution in [2.75, 3.05) is 20.3 Å². The quantitative estimate of drug-likeness (QED) is 0.646. The van der Waals surface area contributed by atoms with E-state index in [0.29, 0.717) is 31.4 Å². The van der Waals surface area contributed by atoms with Gasteiger partial charge >= 0.3 is 0 Å². The zero-order valence-electron chi connectivity index (χ0n) is 16.5. The molecule has 2 heterocycles. The van der Waals surface area contributed by atoms with Gasteiger partial charge in [-0.25, -0.2) is 0 Å². The van der Waals surface area contributed by atoms with Crippen LogP contribution in [0, 0.1) is 23.7 Å². The lowest BCUT2D eigenvalue weighted by atomic mass is 9.64. The number of halogens is 1. The van der Waals surface area contributed by atoms with E-state index in [0.717, 1.165) is 4.47 Å². The van der Waals surface area contributed by atoms with Crippen LogP contribution >= 0.6 is 15.9 Å². The lowest BCUT2D eigenvalue weighted by molar-refractivity contribution is -0.275. The van der Waals surface area contributed by atoms with E-state index in [2.05, 4.69) is 15.9 Å².